The second kappa shape index (κ2) is 15.6. The minimum atomic E-state index is 0.0711. The average molecular weight is 825 g/mol. The number of aryl methyl sites for hydroxylation is 1. The number of nitrogens with zero attached hydrogens (tertiary/aromatic N) is 1. The molecule has 1 N–H and O–H groups in total. The molecule has 0 radical (unpaired) electrons. The summed E-state index contributed by atoms with van der Waals surface area (Å²) in [5, 5.41) is 6.46. The van der Waals surface area contributed by atoms with Crippen LogP contribution >= 0.6 is 0 Å². The molecule has 64 heavy (non-hydrogen) atoms. The molecule has 0 saturated heterocycles. The maximum atomic E-state index is 3.98. The Labute approximate surface area is 379 Å². The Morgan fingerprint density at radius 3 is 1.66 bits per heavy atom. The lowest BCUT2D eigenvalue weighted by atomic mass is 9.54. The number of hydrogen-bond acceptors (Lipinski definition) is 2. The van der Waals surface area contributed by atoms with Gasteiger partial charge >= 0.3 is 0 Å². The van der Waals surface area contributed by atoms with Crippen LogP contribution in [0.3, 0.4) is 0 Å². The van der Waals surface area contributed by atoms with Gasteiger partial charge in [0.2, 0.25) is 0 Å². The molecule has 1 aliphatic carbocycles. The van der Waals surface area contributed by atoms with E-state index in [9.17, 15) is 0 Å². The van der Waals surface area contributed by atoms with E-state index in [0.717, 1.165) is 18.7 Å². The number of hydrogen-bond donors (Lipinski definition) is 1. The molecule has 3 heteroatoms. The Morgan fingerprint density at radius 2 is 1.00 bits per heavy atom. The number of rotatable bonds is 7. The van der Waals surface area contributed by atoms with Gasteiger partial charge < -0.3 is 10.2 Å². The van der Waals surface area contributed by atoms with Gasteiger partial charge in [-0.1, -0.05) is 191 Å². The summed E-state index contributed by atoms with van der Waals surface area (Å²) in [6.07, 6.45) is 2.35. The highest BCUT2D eigenvalue weighted by Gasteiger charge is 2.40. The maximum absolute atomic E-state index is 3.98. The van der Waals surface area contributed by atoms with E-state index in [-0.39, 0.29) is 10.8 Å². The highest BCUT2D eigenvalue weighted by molar-refractivity contribution is 6.73. The molecule has 2 nitrogen and oxygen atoms in total. The predicted molar refractivity (Wildman–Crippen MR) is 277 cm³/mol. The van der Waals surface area contributed by atoms with Crippen LogP contribution in [0.1, 0.15) is 57.2 Å². The van der Waals surface area contributed by atoms with Crippen molar-refractivity contribution in [3.8, 4) is 44.5 Å². The summed E-state index contributed by atoms with van der Waals surface area (Å²) in [6.45, 7) is 12.1. The van der Waals surface area contributed by atoms with E-state index in [0.29, 0.717) is 0 Å². The van der Waals surface area contributed by atoms with Crippen LogP contribution in [0.2, 0.25) is 0 Å². The van der Waals surface area contributed by atoms with Crippen LogP contribution in [0.5, 0.6) is 0 Å². The zero-order valence-electron chi connectivity index (χ0n) is 37.5. The summed E-state index contributed by atoms with van der Waals surface area (Å²) in [7, 11) is 0.828. The lowest BCUT2D eigenvalue weighted by Crippen LogP contribution is -2.44. The third-order valence-corrected chi connectivity index (χ3v) is 14.3. The first-order valence-electron chi connectivity index (χ1n) is 22.9. The van der Waals surface area contributed by atoms with Crippen LogP contribution < -0.4 is 21.1 Å². The van der Waals surface area contributed by atoms with Crippen LogP contribution in [0, 0.1) is 6.92 Å². The van der Waals surface area contributed by atoms with Crippen molar-refractivity contribution in [2.24, 2.45) is 0 Å². The third kappa shape index (κ3) is 7.01. The molecule has 0 spiro atoms. The zero-order valence-corrected chi connectivity index (χ0v) is 37.5. The fourth-order valence-electron chi connectivity index (χ4n) is 10.5. The molecule has 0 saturated carbocycles. The van der Waals surface area contributed by atoms with Gasteiger partial charge in [-0.15, -0.1) is 0 Å². The van der Waals surface area contributed by atoms with Crippen molar-refractivity contribution in [1.29, 1.82) is 0 Å². The smallest absolute Gasteiger partial charge is 0.198 e. The average Bonchev–Trinajstić information content (AvgIpc) is 3.33. The van der Waals surface area contributed by atoms with Gasteiger partial charge in [0.25, 0.3) is 0 Å². The summed E-state index contributed by atoms with van der Waals surface area (Å²) in [5.74, 6) is 0. The summed E-state index contributed by atoms with van der Waals surface area (Å²) in [5.41, 5.74) is 22.7. The topological polar surface area (TPSA) is 15.3 Å². The fraction of sp³-hybridized carbons (Fsp3) is 0.148. The van der Waals surface area contributed by atoms with Crippen molar-refractivity contribution < 1.29 is 0 Å². The van der Waals surface area contributed by atoms with Crippen molar-refractivity contribution >= 4 is 57.4 Å². The Bertz CT molecular complexity index is 3200. The van der Waals surface area contributed by atoms with Crippen LogP contribution in [-0.2, 0) is 10.8 Å². The Morgan fingerprint density at radius 1 is 0.469 bits per heavy atom. The molecule has 2 aliphatic rings. The lowest BCUT2D eigenvalue weighted by Gasteiger charge is -2.44. The van der Waals surface area contributed by atoms with Crippen molar-refractivity contribution in [3.63, 3.8) is 0 Å². The van der Waals surface area contributed by atoms with Crippen molar-refractivity contribution in [1.82, 2.24) is 0 Å². The van der Waals surface area contributed by atoms with Gasteiger partial charge in [0.1, 0.15) is 0 Å². The Kier molecular flexibility index (Phi) is 9.69. The minimum Gasteiger partial charge on any atom is -0.355 e. The molecule has 9 aromatic rings. The van der Waals surface area contributed by atoms with E-state index < -0.39 is 0 Å². The van der Waals surface area contributed by atoms with E-state index in [1.54, 1.807) is 0 Å². The van der Waals surface area contributed by atoms with Gasteiger partial charge in [-0.3, -0.25) is 0 Å². The standard InChI is InChI=1S/C61H53BN2/c1-40-25-26-46(43-21-13-8-14-22-43)36-55(40)64-56-39-52-51(60(2,3)33-34-61(52,4)5)38-53(56)62-59-57(64)37-47-23-15-16-24-49(47)58(59)50-32-29-45(42-19-11-7-12-20-42)35-54(50)63-48-30-27-44(28-31-48)41-17-9-6-10-18-41/h6-32,35-39,62-63H,33-34H2,1-5H3. The van der Waals surface area contributed by atoms with Crippen LogP contribution in [-0.4, -0.2) is 7.28 Å². The highest BCUT2D eigenvalue weighted by atomic mass is 15.2. The normalized spacial score (nSPS) is 14.5. The minimum absolute atomic E-state index is 0.0711. The van der Waals surface area contributed by atoms with E-state index in [1.165, 1.54) is 113 Å². The molecule has 0 aromatic heterocycles. The molecule has 1 aliphatic heterocycles. The summed E-state index contributed by atoms with van der Waals surface area (Å²) in [6, 6.07) is 71.8. The molecule has 310 valence electrons. The van der Waals surface area contributed by atoms with E-state index in [1.807, 2.05) is 0 Å². The molecular weight excluding hydrogens is 771 g/mol. The fourth-order valence-corrected chi connectivity index (χ4v) is 10.5. The van der Waals surface area contributed by atoms with Crippen molar-refractivity contribution in [2.75, 3.05) is 10.2 Å². The summed E-state index contributed by atoms with van der Waals surface area (Å²) < 4.78 is 0. The van der Waals surface area contributed by atoms with Gasteiger partial charge in [-0.2, -0.15) is 0 Å². The molecule has 0 atom stereocenters. The van der Waals surface area contributed by atoms with Gasteiger partial charge in [0, 0.05) is 34.0 Å². The van der Waals surface area contributed by atoms with Crippen molar-refractivity contribution in [2.45, 2.75) is 58.3 Å². The first-order valence-corrected chi connectivity index (χ1v) is 22.9. The van der Waals surface area contributed by atoms with E-state index >= 15 is 0 Å². The monoisotopic (exact) mass is 824 g/mol. The first kappa shape index (κ1) is 39.7. The second-order valence-corrected chi connectivity index (χ2v) is 19.3. The SMILES string of the molecule is Cc1ccc(-c2ccccc2)cc1N1c2cc3c(cc2Bc2c1cc1ccccc1c2-c1ccc(-c2ccccc2)cc1Nc1ccc(-c2ccccc2)cc1)C(C)(C)CCC3(C)C. The molecule has 0 bridgehead atoms. The Balaban J connectivity index is 1.17. The first-order chi connectivity index (χ1) is 31.1. The molecule has 11 rings (SSSR count). The molecule has 9 aromatic carbocycles. The highest BCUT2D eigenvalue weighted by Crippen LogP contribution is 2.50. The van der Waals surface area contributed by atoms with Gasteiger partial charge in [-0.25, -0.2) is 0 Å². The lowest BCUT2D eigenvalue weighted by molar-refractivity contribution is 0.332. The molecule has 0 fully saturated rings. The molecular formula is C61H53BN2. The van der Waals surface area contributed by atoms with Gasteiger partial charge in [0.05, 0.1) is 0 Å². The largest absolute Gasteiger partial charge is 0.355 e. The number of benzene rings is 9. The summed E-state index contributed by atoms with van der Waals surface area (Å²) >= 11 is 0. The number of anilines is 5. The van der Waals surface area contributed by atoms with Crippen LogP contribution in [0.25, 0.3) is 55.3 Å². The zero-order chi connectivity index (χ0) is 43.6. The van der Waals surface area contributed by atoms with Gasteiger partial charge in [-0.05, 0) is 139 Å². The number of nitrogens with one attached hydrogen (secondary N) is 1. The van der Waals surface area contributed by atoms with E-state index in [2.05, 4.69) is 239 Å². The van der Waals surface area contributed by atoms with Gasteiger partial charge in [0.15, 0.2) is 7.28 Å². The number of fused-ring (bicyclic) bond motifs is 4. The third-order valence-electron chi connectivity index (χ3n) is 14.3. The van der Waals surface area contributed by atoms with E-state index in [4.69, 9.17) is 0 Å². The molecule has 0 amide bonds. The van der Waals surface area contributed by atoms with Crippen molar-refractivity contribution in [3.05, 3.63) is 211 Å². The predicted octanol–water partition coefficient (Wildman–Crippen LogP) is 15.1. The van der Waals surface area contributed by atoms with Crippen LogP contribution in [0.15, 0.2) is 194 Å². The summed E-state index contributed by atoms with van der Waals surface area (Å²) in [4.78, 5) is 2.62. The molecule has 1 heterocycles. The van der Waals surface area contributed by atoms with Crippen LogP contribution in [0.4, 0.5) is 28.4 Å². The molecule has 0 unspecified atom stereocenters. The Hall–Kier alpha value is -7.10. The maximum Gasteiger partial charge on any atom is 0.198 e. The quantitative estimate of drug-likeness (QED) is 0.161. The second-order valence-electron chi connectivity index (χ2n) is 19.3.